The zero-order valence-corrected chi connectivity index (χ0v) is 10.3. The number of ether oxygens (including phenoxy) is 1. The molecule has 1 rings (SSSR count). The lowest BCUT2D eigenvalue weighted by atomic mass is 9.83. The van der Waals surface area contributed by atoms with E-state index in [1.165, 1.54) is 0 Å². The molecule has 0 saturated heterocycles. The van der Waals surface area contributed by atoms with Gasteiger partial charge in [0.2, 0.25) is 0 Å². The van der Waals surface area contributed by atoms with E-state index < -0.39 is 0 Å². The number of aryl methyl sites for hydroxylation is 1. The van der Waals surface area contributed by atoms with Crippen molar-refractivity contribution in [2.75, 3.05) is 19.8 Å². The average molecular weight is 223 g/mol. The Morgan fingerprint density at radius 3 is 2.56 bits per heavy atom. The van der Waals surface area contributed by atoms with Crippen LogP contribution in [0.1, 0.15) is 25.0 Å². The van der Waals surface area contributed by atoms with Crippen LogP contribution < -0.4 is 10.5 Å². The Balaban J connectivity index is 3.04. The van der Waals surface area contributed by atoms with E-state index in [0.717, 1.165) is 16.9 Å². The van der Waals surface area contributed by atoms with Crippen molar-refractivity contribution < 1.29 is 9.84 Å². The predicted octanol–water partition coefficient (Wildman–Crippen LogP) is 1.60. The van der Waals surface area contributed by atoms with E-state index in [-0.39, 0.29) is 12.0 Å². The van der Waals surface area contributed by atoms with Crippen LogP contribution in [0.5, 0.6) is 5.75 Å². The molecule has 0 amide bonds. The van der Waals surface area contributed by atoms with Crippen molar-refractivity contribution in [2.24, 2.45) is 5.73 Å². The fraction of sp³-hybridized carbons (Fsp3) is 0.538. The second-order valence-electron chi connectivity index (χ2n) is 4.34. The van der Waals surface area contributed by atoms with Crippen LogP contribution in [-0.2, 0) is 5.41 Å². The Hall–Kier alpha value is -1.06. The zero-order valence-electron chi connectivity index (χ0n) is 10.3. The third kappa shape index (κ3) is 2.54. The van der Waals surface area contributed by atoms with Crippen molar-refractivity contribution in [3.8, 4) is 5.75 Å². The number of aliphatic hydroxyl groups is 1. The molecule has 0 radical (unpaired) electrons. The lowest BCUT2D eigenvalue weighted by Crippen LogP contribution is -2.35. The Morgan fingerprint density at radius 1 is 1.44 bits per heavy atom. The predicted molar refractivity (Wildman–Crippen MR) is 65.8 cm³/mol. The van der Waals surface area contributed by atoms with Crippen molar-refractivity contribution >= 4 is 0 Å². The summed E-state index contributed by atoms with van der Waals surface area (Å²) in [6.45, 7) is 7.07. The van der Waals surface area contributed by atoms with Crippen molar-refractivity contribution in [3.05, 3.63) is 29.3 Å². The molecule has 0 fully saturated rings. The summed E-state index contributed by atoms with van der Waals surface area (Å²) in [6, 6.07) is 5.95. The molecule has 0 bridgehead atoms. The summed E-state index contributed by atoms with van der Waals surface area (Å²) in [4.78, 5) is 0. The standard InChI is InChI=1S/C13H21NO2/c1-4-16-12-6-5-11(7-10(12)2)13(3,8-14)9-15/h5-7,15H,4,8-9,14H2,1-3H3. The summed E-state index contributed by atoms with van der Waals surface area (Å²) < 4.78 is 5.48. The Labute approximate surface area is 97.2 Å². The Morgan fingerprint density at radius 2 is 2.12 bits per heavy atom. The minimum atomic E-state index is -0.366. The number of hydrogen-bond donors (Lipinski definition) is 2. The van der Waals surface area contributed by atoms with E-state index in [1.54, 1.807) is 0 Å². The SMILES string of the molecule is CCOc1ccc(C(C)(CN)CO)cc1C. The van der Waals surface area contributed by atoms with E-state index in [2.05, 4.69) is 0 Å². The third-order valence-corrected chi connectivity index (χ3v) is 2.97. The van der Waals surface area contributed by atoms with Crippen LogP contribution in [0, 0.1) is 6.92 Å². The Kier molecular flexibility index (Phi) is 4.33. The quantitative estimate of drug-likeness (QED) is 0.797. The van der Waals surface area contributed by atoms with Gasteiger partial charge in [0.15, 0.2) is 0 Å². The molecule has 1 aromatic rings. The van der Waals surface area contributed by atoms with Gasteiger partial charge >= 0.3 is 0 Å². The summed E-state index contributed by atoms with van der Waals surface area (Å²) in [5, 5.41) is 9.39. The lowest BCUT2D eigenvalue weighted by molar-refractivity contribution is 0.210. The van der Waals surface area contributed by atoms with Gasteiger partial charge in [0.25, 0.3) is 0 Å². The van der Waals surface area contributed by atoms with E-state index in [0.29, 0.717) is 13.2 Å². The highest BCUT2D eigenvalue weighted by atomic mass is 16.5. The second kappa shape index (κ2) is 5.32. The van der Waals surface area contributed by atoms with E-state index >= 15 is 0 Å². The fourth-order valence-corrected chi connectivity index (χ4v) is 1.62. The monoisotopic (exact) mass is 223 g/mol. The molecule has 16 heavy (non-hydrogen) atoms. The smallest absolute Gasteiger partial charge is 0.122 e. The van der Waals surface area contributed by atoms with Gasteiger partial charge in [0.05, 0.1) is 13.2 Å². The average Bonchev–Trinajstić information content (AvgIpc) is 2.31. The van der Waals surface area contributed by atoms with Gasteiger partial charge in [-0.2, -0.15) is 0 Å². The van der Waals surface area contributed by atoms with Crippen molar-refractivity contribution in [2.45, 2.75) is 26.2 Å². The number of rotatable bonds is 5. The highest BCUT2D eigenvalue weighted by Gasteiger charge is 2.24. The molecule has 0 saturated carbocycles. The summed E-state index contributed by atoms with van der Waals surface area (Å²) in [5.74, 6) is 0.892. The normalized spacial score (nSPS) is 14.6. The second-order valence-corrected chi connectivity index (χ2v) is 4.34. The molecular weight excluding hydrogens is 202 g/mol. The first-order valence-electron chi connectivity index (χ1n) is 5.62. The van der Waals surface area contributed by atoms with Gasteiger partial charge in [-0.05, 0) is 31.0 Å². The van der Waals surface area contributed by atoms with Gasteiger partial charge in [0.1, 0.15) is 5.75 Å². The first kappa shape index (κ1) is 13.0. The number of aliphatic hydroxyl groups excluding tert-OH is 1. The third-order valence-electron chi connectivity index (χ3n) is 2.97. The van der Waals surface area contributed by atoms with Gasteiger partial charge in [-0.1, -0.05) is 19.1 Å². The molecule has 3 nitrogen and oxygen atoms in total. The molecule has 90 valence electrons. The van der Waals surface area contributed by atoms with E-state index in [1.807, 2.05) is 39.0 Å². The molecule has 0 aliphatic heterocycles. The molecule has 1 unspecified atom stereocenters. The largest absolute Gasteiger partial charge is 0.494 e. The molecule has 0 aliphatic carbocycles. The van der Waals surface area contributed by atoms with Crippen LogP contribution in [0.4, 0.5) is 0 Å². The maximum Gasteiger partial charge on any atom is 0.122 e. The molecule has 0 heterocycles. The van der Waals surface area contributed by atoms with Crippen LogP contribution in [0.15, 0.2) is 18.2 Å². The molecular formula is C13H21NO2. The summed E-state index contributed by atoms with van der Waals surface area (Å²) in [6.07, 6.45) is 0. The van der Waals surface area contributed by atoms with Crippen LogP contribution in [0.2, 0.25) is 0 Å². The summed E-state index contributed by atoms with van der Waals surface area (Å²) >= 11 is 0. The minimum absolute atomic E-state index is 0.0525. The topological polar surface area (TPSA) is 55.5 Å². The number of hydrogen-bond acceptors (Lipinski definition) is 3. The van der Waals surface area contributed by atoms with Crippen molar-refractivity contribution in [1.29, 1.82) is 0 Å². The van der Waals surface area contributed by atoms with Crippen LogP contribution in [0.25, 0.3) is 0 Å². The molecule has 0 aliphatic rings. The van der Waals surface area contributed by atoms with Gasteiger partial charge in [0, 0.05) is 12.0 Å². The highest BCUT2D eigenvalue weighted by Crippen LogP contribution is 2.27. The molecule has 0 aromatic heterocycles. The lowest BCUT2D eigenvalue weighted by Gasteiger charge is -2.26. The minimum Gasteiger partial charge on any atom is -0.494 e. The van der Waals surface area contributed by atoms with Crippen molar-refractivity contribution in [3.63, 3.8) is 0 Å². The van der Waals surface area contributed by atoms with Crippen LogP contribution >= 0.6 is 0 Å². The molecule has 3 heteroatoms. The van der Waals surface area contributed by atoms with E-state index in [4.69, 9.17) is 10.5 Å². The van der Waals surface area contributed by atoms with Crippen molar-refractivity contribution in [1.82, 2.24) is 0 Å². The maximum absolute atomic E-state index is 9.39. The summed E-state index contributed by atoms with van der Waals surface area (Å²) in [5.41, 5.74) is 7.47. The zero-order chi connectivity index (χ0) is 12.2. The molecule has 3 N–H and O–H groups in total. The molecule has 0 spiro atoms. The van der Waals surface area contributed by atoms with E-state index in [9.17, 15) is 5.11 Å². The van der Waals surface area contributed by atoms with Crippen LogP contribution in [0.3, 0.4) is 0 Å². The first-order valence-corrected chi connectivity index (χ1v) is 5.62. The van der Waals surface area contributed by atoms with Gasteiger partial charge < -0.3 is 15.6 Å². The first-order chi connectivity index (χ1) is 7.57. The Bertz CT molecular complexity index is 346. The molecule has 1 aromatic carbocycles. The number of nitrogens with two attached hydrogens (primary N) is 1. The van der Waals surface area contributed by atoms with Crippen LogP contribution in [-0.4, -0.2) is 24.9 Å². The molecule has 1 atom stereocenters. The summed E-state index contributed by atoms with van der Waals surface area (Å²) in [7, 11) is 0. The highest BCUT2D eigenvalue weighted by molar-refractivity contribution is 5.39. The maximum atomic E-state index is 9.39. The van der Waals surface area contributed by atoms with Gasteiger partial charge in [-0.25, -0.2) is 0 Å². The van der Waals surface area contributed by atoms with Gasteiger partial charge in [-0.15, -0.1) is 0 Å². The van der Waals surface area contributed by atoms with Gasteiger partial charge in [-0.3, -0.25) is 0 Å². The fourth-order valence-electron chi connectivity index (χ4n) is 1.62. The number of benzene rings is 1.